The van der Waals surface area contributed by atoms with Crippen LogP contribution in [-0.4, -0.2) is 35.2 Å². The van der Waals surface area contributed by atoms with Crippen LogP contribution < -0.4 is 0 Å². The van der Waals surface area contributed by atoms with Gasteiger partial charge in [-0.3, -0.25) is 4.90 Å². The van der Waals surface area contributed by atoms with Crippen LogP contribution in [0.15, 0.2) is 0 Å². The van der Waals surface area contributed by atoms with Gasteiger partial charge < -0.3 is 5.11 Å². The van der Waals surface area contributed by atoms with Crippen molar-refractivity contribution in [2.75, 3.05) is 13.1 Å². The highest BCUT2D eigenvalue weighted by Gasteiger charge is 2.37. The predicted molar refractivity (Wildman–Crippen MR) is 58.2 cm³/mol. The van der Waals surface area contributed by atoms with Crippen molar-refractivity contribution in [2.45, 2.75) is 58.1 Å². The molecule has 1 unspecified atom stereocenters. The summed E-state index contributed by atoms with van der Waals surface area (Å²) in [5.41, 5.74) is 0.0981. The molecule has 1 atom stereocenters. The first-order valence-corrected chi connectivity index (χ1v) is 6.02. The molecule has 1 N–H and O–H groups in total. The van der Waals surface area contributed by atoms with Gasteiger partial charge in [0.05, 0.1) is 6.10 Å². The van der Waals surface area contributed by atoms with Crippen molar-refractivity contribution >= 4 is 0 Å². The molecule has 1 heterocycles. The molecule has 0 aromatic rings. The zero-order valence-electron chi connectivity index (χ0n) is 9.50. The van der Waals surface area contributed by atoms with Gasteiger partial charge in [0, 0.05) is 24.5 Å². The predicted octanol–water partition coefficient (Wildman–Crippen LogP) is 2.02. The van der Waals surface area contributed by atoms with Gasteiger partial charge in [0.15, 0.2) is 0 Å². The van der Waals surface area contributed by atoms with E-state index in [9.17, 15) is 5.11 Å². The Balaban J connectivity index is 1.95. The Hall–Kier alpha value is -0.0800. The molecule has 0 amide bonds. The van der Waals surface area contributed by atoms with Gasteiger partial charge in [0.1, 0.15) is 0 Å². The lowest BCUT2D eigenvalue weighted by Gasteiger charge is -2.44. The Morgan fingerprint density at radius 1 is 1.14 bits per heavy atom. The maximum Gasteiger partial charge on any atom is 0.0615 e. The number of rotatable bonds is 1. The van der Waals surface area contributed by atoms with E-state index in [4.69, 9.17) is 0 Å². The van der Waals surface area contributed by atoms with Crippen molar-refractivity contribution in [3.63, 3.8) is 0 Å². The third-order valence-corrected chi connectivity index (χ3v) is 4.04. The normalized spacial score (nSPS) is 34.9. The Bertz CT molecular complexity index is 196. The van der Waals surface area contributed by atoms with Crippen LogP contribution in [0.5, 0.6) is 0 Å². The SMILES string of the molecule is CC1(C)CN(C2CCCC2)CCC1O. The number of nitrogens with zero attached hydrogens (tertiary/aromatic N) is 1. The Morgan fingerprint density at radius 3 is 2.36 bits per heavy atom. The lowest BCUT2D eigenvalue weighted by atomic mass is 9.80. The summed E-state index contributed by atoms with van der Waals surface area (Å²) in [5, 5.41) is 9.87. The van der Waals surface area contributed by atoms with E-state index in [-0.39, 0.29) is 11.5 Å². The summed E-state index contributed by atoms with van der Waals surface area (Å²) in [4.78, 5) is 2.61. The van der Waals surface area contributed by atoms with Gasteiger partial charge in [-0.15, -0.1) is 0 Å². The lowest BCUT2D eigenvalue weighted by Crippen LogP contribution is -2.51. The molecule has 2 rings (SSSR count). The number of aliphatic hydroxyl groups is 1. The molecule has 82 valence electrons. The standard InChI is InChI=1S/C12H23NO/c1-12(2)9-13(8-7-11(12)14)10-5-3-4-6-10/h10-11,14H,3-9H2,1-2H3. The van der Waals surface area contributed by atoms with Crippen LogP contribution in [0.3, 0.4) is 0 Å². The van der Waals surface area contributed by atoms with Crippen LogP contribution in [0.4, 0.5) is 0 Å². The van der Waals surface area contributed by atoms with Gasteiger partial charge in [-0.2, -0.15) is 0 Å². The van der Waals surface area contributed by atoms with E-state index in [1.165, 1.54) is 25.7 Å². The lowest BCUT2D eigenvalue weighted by molar-refractivity contribution is -0.0372. The maximum atomic E-state index is 9.87. The van der Waals surface area contributed by atoms with Crippen LogP contribution >= 0.6 is 0 Å². The molecular weight excluding hydrogens is 174 g/mol. The first kappa shape index (κ1) is 10.4. The number of hydrogen-bond donors (Lipinski definition) is 1. The minimum absolute atomic E-state index is 0.0971. The molecule has 0 spiro atoms. The minimum Gasteiger partial charge on any atom is -0.392 e. The Kier molecular flexibility index (Phi) is 2.85. The minimum atomic E-state index is -0.0971. The van der Waals surface area contributed by atoms with Crippen molar-refractivity contribution in [1.82, 2.24) is 4.90 Å². The summed E-state index contributed by atoms with van der Waals surface area (Å²) in [7, 11) is 0. The largest absolute Gasteiger partial charge is 0.392 e. The molecule has 0 radical (unpaired) electrons. The van der Waals surface area contributed by atoms with Crippen LogP contribution in [0.25, 0.3) is 0 Å². The second-order valence-corrected chi connectivity index (χ2v) is 5.70. The van der Waals surface area contributed by atoms with E-state index in [2.05, 4.69) is 18.7 Å². The van der Waals surface area contributed by atoms with E-state index in [0.717, 1.165) is 25.6 Å². The van der Waals surface area contributed by atoms with Crippen molar-refractivity contribution < 1.29 is 5.11 Å². The summed E-state index contributed by atoms with van der Waals surface area (Å²) in [6, 6.07) is 0.821. The van der Waals surface area contributed by atoms with Crippen molar-refractivity contribution in [2.24, 2.45) is 5.41 Å². The number of hydrogen-bond acceptors (Lipinski definition) is 2. The summed E-state index contributed by atoms with van der Waals surface area (Å²) >= 11 is 0. The zero-order valence-corrected chi connectivity index (χ0v) is 9.50. The van der Waals surface area contributed by atoms with Gasteiger partial charge in [0.2, 0.25) is 0 Å². The van der Waals surface area contributed by atoms with Crippen molar-refractivity contribution in [1.29, 1.82) is 0 Å². The van der Waals surface area contributed by atoms with Crippen LogP contribution in [0.1, 0.15) is 46.0 Å². The molecule has 1 saturated heterocycles. The van der Waals surface area contributed by atoms with Gasteiger partial charge in [-0.05, 0) is 19.3 Å². The highest BCUT2D eigenvalue weighted by Crippen LogP contribution is 2.33. The summed E-state index contributed by atoms with van der Waals surface area (Å²) < 4.78 is 0. The van der Waals surface area contributed by atoms with Crippen LogP contribution in [0, 0.1) is 5.41 Å². The zero-order chi connectivity index (χ0) is 10.2. The second kappa shape index (κ2) is 3.82. The molecule has 1 aliphatic carbocycles. The monoisotopic (exact) mass is 197 g/mol. The molecule has 1 saturated carbocycles. The van der Waals surface area contributed by atoms with Gasteiger partial charge in [-0.1, -0.05) is 26.7 Å². The molecular formula is C12H23NO. The fourth-order valence-corrected chi connectivity index (χ4v) is 2.97. The van der Waals surface area contributed by atoms with E-state index in [0.29, 0.717) is 0 Å². The van der Waals surface area contributed by atoms with Gasteiger partial charge in [-0.25, -0.2) is 0 Å². The highest BCUT2D eigenvalue weighted by molar-refractivity contribution is 4.90. The molecule has 2 heteroatoms. The fourth-order valence-electron chi connectivity index (χ4n) is 2.97. The summed E-state index contributed by atoms with van der Waals surface area (Å²) in [5.74, 6) is 0. The average Bonchev–Trinajstić information content (AvgIpc) is 2.62. The van der Waals surface area contributed by atoms with Gasteiger partial charge in [0.25, 0.3) is 0 Å². The second-order valence-electron chi connectivity index (χ2n) is 5.70. The van der Waals surface area contributed by atoms with E-state index in [1.54, 1.807) is 0 Å². The fraction of sp³-hybridized carbons (Fsp3) is 1.00. The molecule has 2 aliphatic rings. The molecule has 14 heavy (non-hydrogen) atoms. The number of piperidine rings is 1. The third-order valence-electron chi connectivity index (χ3n) is 4.04. The third kappa shape index (κ3) is 1.96. The van der Waals surface area contributed by atoms with Crippen LogP contribution in [0.2, 0.25) is 0 Å². The van der Waals surface area contributed by atoms with Crippen molar-refractivity contribution in [3.8, 4) is 0 Å². The molecule has 0 aromatic carbocycles. The molecule has 2 nitrogen and oxygen atoms in total. The van der Waals surface area contributed by atoms with E-state index in [1.807, 2.05) is 0 Å². The Labute approximate surface area is 87.3 Å². The summed E-state index contributed by atoms with van der Waals surface area (Å²) in [6.07, 6.45) is 6.44. The molecule has 0 bridgehead atoms. The number of likely N-dealkylation sites (tertiary alicyclic amines) is 1. The first-order valence-electron chi connectivity index (χ1n) is 6.02. The average molecular weight is 197 g/mol. The smallest absolute Gasteiger partial charge is 0.0615 e. The number of aliphatic hydroxyl groups excluding tert-OH is 1. The molecule has 2 fully saturated rings. The summed E-state index contributed by atoms with van der Waals surface area (Å²) in [6.45, 7) is 6.58. The molecule has 0 aromatic heterocycles. The molecule has 1 aliphatic heterocycles. The van der Waals surface area contributed by atoms with Crippen LogP contribution in [-0.2, 0) is 0 Å². The van der Waals surface area contributed by atoms with E-state index < -0.39 is 0 Å². The Morgan fingerprint density at radius 2 is 1.79 bits per heavy atom. The quantitative estimate of drug-likeness (QED) is 0.695. The van der Waals surface area contributed by atoms with Crippen molar-refractivity contribution in [3.05, 3.63) is 0 Å². The van der Waals surface area contributed by atoms with E-state index >= 15 is 0 Å². The highest BCUT2D eigenvalue weighted by atomic mass is 16.3. The van der Waals surface area contributed by atoms with Gasteiger partial charge >= 0.3 is 0 Å². The maximum absolute atomic E-state index is 9.87. The first-order chi connectivity index (χ1) is 6.59. The topological polar surface area (TPSA) is 23.5 Å².